The molecule has 1 aromatic heterocycles. The Morgan fingerprint density at radius 3 is 3.07 bits per heavy atom. The Bertz CT molecular complexity index is 439. The molecule has 0 radical (unpaired) electrons. The third-order valence-electron chi connectivity index (χ3n) is 2.29. The van der Waals surface area contributed by atoms with Crippen molar-refractivity contribution in [1.82, 2.24) is 4.98 Å². The van der Waals surface area contributed by atoms with Crippen molar-refractivity contribution in [2.75, 3.05) is 11.4 Å². The number of pyridine rings is 1. The molecule has 1 aliphatic rings. The zero-order chi connectivity index (χ0) is 10.8. The van der Waals surface area contributed by atoms with Gasteiger partial charge in [0.15, 0.2) is 5.69 Å². The molecule has 1 aromatic rings. The second-order valence-corrected chi connectivity index (χ2v) is 3.35. The van der Waals surface area contributed by atoms with Gasteiger partial charge in [-0.2, -0.15) is 5.26 Å². The molecule has 1 unspecified atom stereocenters. The van der Waals surface area contributed by atoms with Crippen LogP contribution in [-0.2, 0) is 4.79 Å². The number of nitrogens with zero attached hydrogens (tertiary/aromatic N) is 3. The summed E-state index contributed by atoms with van der Waals surface area (Å²) in [5.74, 6) is -0.174. The SMILES string of the molecule is N#Cc1ncccc1N1CC(O)CC1=O. The average Bonchev–Trinajstić information content (AvgIpc) is 2.57. The van der Waals surface area contributed by atoms with E-state index in [1.165, 1.54) is 11.1 Å². The van der Waals surface area contributed by atoms with Gasteiger partial charge in [0, 0.05) is 6.20 Å². The van der Waals surface area contributed by atoms with Gasteiger partial charge < -0.3 is 10.0 Å². The van der Waals surface area contributed by atoms with E-state index in [4.69, 9.17) is 5.26 Å². The monoisotopic (exact) mass is 203 g/mol. The standard InChI is InChI=1S/C10H9N3O2/c11-5-8-9(2-1-3-12-8)13-6-7(14)4-10(13)15/h1-3,7,14H,4,6H2. The van der Waals surface area contributed by atoms with Gasteiger partial charge in [0.25, 0.3) is 0 Å². The zero-order valence-electron chi connectivity index (χ0n) is 7.92. The van der Waals surface area contributed by atoms with E-state index in [0.29, 0.717) is 5.69 Å². The molecule has 5 heteroatoms. The minimum Gasteiger partial charge on any atom is -0.391 e. The Labute approximate surface area is 86.6 Å². The summed E-state index contributed by atoms with van der Waals surface area (Å²) in [5.41, 5.74) is 0.682. The molecule has 0 saturated carbocycles. The van der Waals surface area contributed by atoms with Gasteiger partial charge in [0.05, 0.1) is 24.8 Å². The van der Waals surface area contributed by atoms with Gasteiger partial charge in [-0.25, -0.2) is 4.98 Å². The molecule has 2 heterocycles. The number of hydrogen-bond acceptors (Lipinski definition) is 4. The van der Waals surface area contributed by atoms with E-state index in [0.717, 1.165) is 0 Å². The minimum atomic E-state index is -0.649. The Hall–Kier alpha value is -1.93. The fraction of sp³-hybridized carbons (Fsp3) is 0.300. The highest BCUT2D eigenvalue weighted by molar-refractivity contribution is 5.96. The van der Waals surface area contributed by atoms with Gasteiger partial charge in [0.2, 0.25) is 5.91 Å². The van der Waals surface area contributed by atoms with Gasteiger partial charge in [-0.15, -0.1) is 0 Å². The first-order valence-corrected chi connectivity index (χ1v) is 4.56. The van der Waals surface area contributed by atoms with Crippen LogP contribution in [0.15, 0.2) is 18.3 Å². The molecular weight excluding hydrogens is 194 g/mol. The molecule has 1 amide bonds. The predicted molar refractivity (Wildman–Crippen MR) is 51.9 cm³/mol. The van der Waals surface area contributed by atoms with Gasteiger partial charge in [-0.1, -0.05) is 0 Å². The normalized spacial score (nSPS) is 20.4. The summed E-state index contributed by atoms with van der Waals surface area (Å²) in [7, 11) is 0. The Balaban J connectivity index is 2.38. The molecule has 1 atom stereocenters. The fourth-order valence-corrected chi connectivity index (χ4v) is 1.62. The first-order chi connectivity index (χ1) is 7.22. The van der Waals surface area contributed by atoms with Gasteiger partial charge >= 0.3 is 0 Å². The molecule has 0 aromatic carbocycles. The number of carbonyl (C=O) groups is 1. The van der Waals surface area contributed by atoms with Crippen molar-refractivity contribution >= 4 is 11.6 Å². The average molecular weight is 203 g/mol. The third-order valence-corrected chi connectivity index (χ3v) is 2.29. The van der Waals surface area contributed by atoms with Gasteiger partial charge in [-0.05, 0) is 12.1 Å². The van der Waals surface area contributed by atoms with Crippen molar-refractivity contribution in [1.29, 1.82) is 5.26 Å². The van der Waals surface area contributed by atoms with Crippen LogP contribution in [0.1, 0.15) is 12.1 Å². The number of aliphatic hydroxyl groups excluding tert-OH is 1. The lowest BCUT2D eigenvalue weighted by Gasteiger charge is -2.15. The van der Waals surface area contributed by atoms with Crippen LogP contribution in [0.2, 0.25) is 0 Å². The molecular formula is C10H9N3O2. The van der Waals surface area contributed by atoms with E-state index >= 15 is 0 Å². The predicted octanol–water partition coefficient (Wildman–Crippen LogP) is 0.0509. The molecule has 0 aliphatic carbocycles. The Morgan fingerprint density at radius 1 is 1.67 bits per heavy atom. The third kappa shape index (κ3) is 1.67. The minimum absolute atomic E-state index is 0.111. The number of hydrogen-bond donors (Lipinski definition) is 1. The first kappa shape index (κ1) is 9.62. The number of rotatable bonds is 1. The molecule has 5 nitrogen and oxygen atoms in total. The van der Waals surface area contributed by atoms with E-state index in [9.17, 15) is 9.90 Å². The highest BCUT2D eigenvalue weighted by atomic mass is 16.3. The van der Waals surface area contributed by atoms with E-state index in [2.05, 4.69) is 4.98 Å². The molecule has 2 rings (SSSR count). The molecule has 1 N–H and O–H groups in total. The van der Waals surface area contributed by atoms with E-state index in [1.807, 2.05) is 6.07 Å². The van der Waals surface area contributed by atoms with E-state index < -0.39 is 6.10 Å². The topological polar surface area (TPSA) is 77.2 Å². The maximum atomic E-state index is 11.5. The number of anilines is 1. The van der Waals surface area contributed by atoms with Crippen molar-refractivity contribution in [3.8, 4) is 6.07 Å². The maximum Gasteiger partial charge on any atom is 0.229 e. The van der Waals surface area contributed by atoms with Crippen LogP contribution >= 0.6 is 0 Å². The maximum absolute atomic E-state index is 11.5. The van der Waals surface area contributed by atoms with E-state index in [-0.39, 0.29) is 24.6 Å². The first-order valence-electron chi connectivity index (χ1n) is 4.56. The molecule has 1 aliphatic heterocycles. The van der Waals surface area contributed by atoms with Gasteiger partial charge in [-0.3, -0.25) is 4.79 Å². The van der Waals surface area contributed by atoms with Crippen LogP contribution in [0.5, 0.6) is 0 Å². The molecule has 1 saturated heterocycles. The summed E-state index contributed by atoms with van der Waals surface area (Å²) in [4.78, 5) is 16.7. The Kier molecular flexibility index (Phi) is 2.35. The van der Waals surface area contributed by atoms with Crippen LogP contribution in [0.25, 0.3) is 0 Å². The lowest BCUT2D eigenvalue weighted by Crippen LogP contribution is -2.26. The van der Waals surface area contributed by atoms with Crippen molar-refractivity contribution in [2.24, 2.45) is 0 Å². The van der Waals surface area contributed by atoms with Crippen molar-refractivity contribution < 1.29 is 9.90 Å². The summed E-state index contributed by atoms with van der Waals surface area (Å²) < 4.78 is 0. The van der Waals surface area contributed by atoms with Crippen molar-refractivity contribution in [3.05, 3.63) is 24.0 Å². The fourth-order valence-electron chi connectivity index (χ4n) is 1.62. The number of aliphatic hydroxyl groups is 1. The molecule has 76 valence electrons. The highest BCUT2D eigenvalue weighted by Crippen LogP contribution is 2.23. The largest absolute Gasteiger partial charge is 0.391 e. The second kappa shape index (κ2) is 3.67. The van der Waals surface area contributed by atoms with Crippen LogP contribution in [0.4, 0.5) is 5.69 Å². The van der Waals surface area contributed by atoms with Gasteiger partial charge in [0.1, 0.15) is 6.07 Å². The van der Waals surface area contributed by atoms with Crippen LogP contribution in [0.3, 0.4) is 0 Å². The number of aromatic nitrogens is 1. The summed E-state index contributed by atoms with van der Waals surface area (Å²) in [6.07, 6.45) is 0.961. The number of amides is 1. The number of β-amino-alcohol motifs (C(OH)–C–C–N with tert-alkyl or cyclic N) is 1. The van der Waals surface area contributed by atoms with Crippen LogP contribution in [-0.4, -0.2) is 28.6 Å². The molecule has 0 spiro atoms. The molecule has 1 fully saturated rings. The lowest BCUT2D eigenvalue weighted by molar-refractivity contribution is -0.117. The quantitative estimate of drug-likeness (QED) is 0.699. The van der Waals surface area contributed by atoms with Crippen LogP contribution < -0.4 is 4.90 Å². The highest BCUT2D eigenvalue weighted by Gasteiger charge is 2.30. The van der Waals surface area contributed by atoms with Crippen LogP contribution in [0, 0.1) is 11.3 Å². The van der Waals surface area contributed by atoms with E-state index in [1.54, 1.807) is 12.1 Å². The summed E-state index contributed by atoms with van der Waals surface area (Å²) in [6, 6.07) is 5.24. The summed E-state index contributed by atoms with van der Waals surface area (Å²) >= 11 is 0. The smallest absolute Gasteiger partial charge is 0.229 e. The Morgan fingerprint density at radius 2 is 2.47 bits per heavy atom. The zero-order valence-corrected chi connectivity index (χ0v) is 7.92. The lowest BCUT2D eigenvalue weighted by atomic mass is 10.3. The summed E-state index contributed by atoms with van der Waals surface area (Å²) in [5, 5.41) is 18.1. The molecule has 0 bridgehead atoms. The van der Waals surface area contributed by atoms with Crippen molar-refractivity contribution in [2.45, 2.75) is 12.5 Å². The summed E-state index contributed by atoms with van der Waals surface area (Å²) in [6.45, 7) is 0.235. The second-order valence-electron chi connectivity index (χ2n) is 3.35. The number of nitriles is 1. The molecule has 15 heavy (non-hydrogen) atoms. The van der Waals surface area contributed by atoms with Crippen molar-refractivity contribution in [3.63, 3.8) is 0 Å². The number of carbonyl (C=O) groups excluding carboxylic acids is 1.